The molecule has 23 heavy (non-hydrogen) atoms. The molecule has 0 aliphatic heterocycles. The summed E-state index contributed by atoms with van der Waals surface area (Å²) in [6.45, 7) is 0.721. The molecule has 0 aliphatic carbocycles. The first-order valence-corrected chi connectivity index (χ1v) is 9.23. The molecule has 1 aromatic carbocycles. The molecule has 0 spiro atoms. The number of pyridine rings is 1. The van der Waals surface area contributed by atoms with E-state index in [1.807, 2.05) is 42.5 Å². The third-order valence-corrected chi connectivity index (χ3v) is 5.17. The van der Waals surface area contributed by atoms with E-state index in [0.717, 1.165) is 17.5 Å². The summed E-state index contributed by atoms with van der Waals surface area (Å²) in [4.78, 5) is 14.0. The van der Waals surface area contributed by atoms with Gasteiger partial charge in [-0.1, -0.05) is 36.4 Å². The molecule has 0 radical (unpaired) electrons. The van der Waals surface area contributed by atoms with Crippen LogP contribution in [0.15, 0.2) is 54.9 Å². The van der Waals surface area contributed by atoms with Crippen LogP contribution in [0.3, 0.4) is 0 Å². The maximum Gasteiger partial charge on any atom is 0.405 e. The molecule has 1 N–H and O–H groups in total. The van der Waals surface area contributed by atoms with Crippen LogP contribution >= 0.6 is 7.75 Å². The molecule has 0 amide bonds. The number of aryl methyl sites for hydroxylation is 1. The fourth-order valence-corrected chi connectivity index (χ4v) is 3.08. The minimum atomic E-state index is -3.72. The van der Waals surface area contributed by atoms with Gasteiger partial charge in [0.2, 0.25) is 0 Å². The van der Waals surface area contributed by atoms with Gasteiger partial charge in [-0.2, -0.15) is 0 Å². The van der Waals surface area contributed by atoms with E-state index >= 15 is 0 Å². The molecule has 0 bridgehead atoms. The minimum Gasteiger partial charge on any atom is -0.312 e. The van der Waals surface area contributed by atoms with Crippen molar-refractivity contribution in [1.29, 1.82) is 0 Å². The molecule has 0 aliphatic rings. The average Bonchev–Trinajstić information content (AvgIpc) is 2.58. The van der Waals surface area contributed by atoms with Crippen molar-refractivity contribution in [3.05, 3.63) is 66.0 Å². The van der Waals surface area contributed by atoms with Crippen LogP contribution < -0.4 is 0 Å². The highest BCUT2D eigenvalue weighted by Gasteiger charge is 2.25. The molecule has 2 rings (SSSR count). The molecule has 0 fully saturated rings. The van der Waals surface area contributed by atoms with Crippen molar-refractivity contribution in [1.82, 2.24) is 9.65 Å². The van der Waals surface area contributed by atoms with Gasteiger partial charge in [0.05, 0.1) is 6.61 Å². The highest BCUT2D eigenvalue weighted by Crippen LogP contribution is 2.45. The Morgan fingerprint density at radius 1 is 1.13 bits per heavy atom. The molecule has 0 saturated carbocycles. The second-order valence-electron chi connectivity index (χ2n) is 5.41. The van der Waals surface area contributed by atoms with Gasteiger partial charge in [0, 0.05) is 18.9 Å². The maximum atomic E-state index is 12.2. The Labute approximate surface area is 137 Å². The average molecular weight is 334 g/mol. The van der Waals surface area contributed by atoms with Gasteiger partial charge in [0.15, 0.2) is 0 Å². The molecule has 1 unspecified atom stereocenters. The standard InChI is InChI=1S/C17H23N2O3P/c1-19(13-11-16-7-3-2-4-8-16)23(20,21)22-14-6-10-17-9-5-12-18-15-17/h2-5,7-9,12,15H,6,10-11,13-14H2,1H3,(H,20,21). The van der Waals surface area contributed by atoms with Crippen LogP contribution in [-0.4, -0.2) is 34.7 Å². The van der Waals surface area contributed by atoms with E-state index in [1.54, 1.807) is 19.4 Å². The topological polar surface area (TPSA) is 62.7 Å². The third-order valence-electron chi connectivity index (χ3n) is 3.59. The number of hydrogen-bond acceptors (Lipinski definition) is 3. The van der Waals surface area contributed by atoms with Crippen LogP contribution in [0.1, 0.15) is 17.5 Å². The zero-order valence-corrected chi connectivity index (χ0v) is 14.2. The first-order chi connectivity index (χ1) is 11.1. The first kappa shape index (κ1) is 17.8. The van der Waals surface area contributed by atoms with Crippen molar-refractivity contribution >= 4 is 7.75 Å². The van der Waals surface area contributed by atoms with Crippen molar-refractivity contribution in [2.45, 2.75) is 19.3 Å². The van der Waals surface area contributed by atoms with Crippen LogP contribution in [0, 0.1) is 0 Å². The van der Waals surface area contributed by atoms with Crippen molar-refractivity contribution in [2.24, 2.45) is 0 Å². The second kappa shape index (κ2) is 8.94. The lowest BCUT2D eigenvalue weighted by Crippen LogP contribution is -2.19. The molecule has 5 nitrogen and oxygen atoms in total. The Bertz CT molecular complexity index is 622. The number of rotatable bonds is 9. The molecule has 1 heterocycles. The van der Waals surface area contributed by atoms with Gasteiger partial charge in [-0.3, -0.25) is 9.51 Å². The molecular weight excluding hydrogens is 311 g/mol. The highest BCUT2D eigenvalue weighted by molar-refractivity contribution is 7.50. The zero-order chi connectivity index (χ0) is 16.5. The van der Waals surface area contributed by atoms with Gasteiger partial charge in [-0.15, -0.1) is 0 Å². The molecule has 1 atom stereocenters. The summed E-state index contributed by atoms with van der Waals surface area (Å²) in [5.74, 6) is 0. The normalized spacial score (nSPS) is 13.9. The minimum absolute atomic E-state index is 0.248. The lowest BCUT2D eigenvalue weighted by molar-refractivity contribution is 0.210. The maximum absolute atomic E-state index is 12.2. The van der Waals surface area contributed by atoms with Gasteiger partial charge in [0.1, 0.15) is 0 Å². The van der Waals surface area contributed by atoms with Crippen molar-refractivity contribution in [3.8, 4) is 0 Å². The van der Waals surface area contributed by atoms with E-state index in [-0.39, 0.29) is 6.61 Å². The van der Waals surface area contributed by atoms with Crippen LogP contribution in [0.2, 0.25) is 0 Å². The lowest BCUT2D eigenvalue weighted by Gasteiger charge is -2.22. The van der Waals surface area contributed by atoms with Crippen molar-refractivity contribution < 1.29 is 14.0 Å². The smallest absolute Gasteiger partial charge is 0.312 e. The Morgan fingerprint density at radius 2 is 1.87 bits per heavy atom. The van der Waals surface area contributed by atoms with Crippen LogP contribution in [0.4, 0.5) is 0 Å². The monoisotopic (exact) mass is 334 g/mol. The quantitative estimate of drug-likeness (QED) is 0.563. The number of nitrogens with zero attached hydrogens (tertiary/aromatic N) is 2. The molecule has 2 aromatic rings. The Hall–Kier alpha value is -1.52. The van der Waals surface area contributed by atoms with Crippen molar-refractivity contribution in [3.63, 3.8) is 0 Å². The van der Waals surface area contributed by atoms with Gasteiger partial charge in [0.25, 0.3) is 0 Å². The number of hydrogen-bond donors (Lipinski definition) is 1. The summed E-state index contributed by atoms with van der Waals surface area (Å²) in [6.07, 6.45) is 5.69. The van der Waals surface area contributed by atoms with Gasteiger partial charge in [-0.25, -0.2) is 9.24 Å². The summed E-state index contributed by atoms with van der Waals surface area (Å²) in [5, 5.41) is 0. The summed E-state index contributed by atoms with van der Waals surface area (Å²) in [5.41, 5.74) is 2.23. The van der Waals surface area contributed by atoms with Crippen molar-refractivity contribution in [2.75, 3.05) is 20.2 Å². The van der Waals surface area contributed by atoms with E-state index in [1.165, 1.54) is 4.67 Å². The van der Waals surface area contributed by atoms with E-state index in [0.29, 0.717) is 19.4 Å². The van der Waals surface area contributed by atoms with Gasteiger partial charge in [-0.05, 0) is 43.5 Å². The zero-order valence-electron chi connectivity index (χ0n) is 13.3. The molecule has 1 aromatic heterocycles. The Kier molecular flexibility index (Phi) is 6.93. The molecular formula is C17H23N2O3P. The third kappa shape index (κ3) is 6.24. The predicted octanol–water partition coefficient (Wildman–Crippen LogP) is 3.31. The first-order valence-electron chi connectivity index (χ1n) is 7.70. The van der Waals surface area contributed by atoms with E-state index in [2.05, 4.69) is 4.98 Å². The fraction of sp³-hybridized carbons (Fsp3) is 0.353. The molecule has 0 saturated heterocycles. The summed E-state index contributed by atoms with van der Waals surface area (Å²) in [6, 6.07) is 13.7. The molecule has 6 heteroatoms. The largest absolute Gasteiger partial charge is 0.405 e. The Balaban J connectivity index is 1.71. The van der Waals surface area contributed by atoms with E-state index in [4.69, 9.17) is 4.52 Å². The number of benzene rings is 1. The predicted molar refractivity (Wildman–Crippen MR) is 91.1 cm³/mol. The number of likely N-dealkylation sites (N-methyl/N-ethyl adjacent to an activating group) is 1. The lowest BCUT2D eigenvalue weighted by atomic mass is 10.2. The highest BCUT2D eigenvalue weighted by atomic mass is 31.2. The van der Waals surface area contributed by atoms with Crippen LogP contribution in [0.5, 0.6) is 0 Å². The van der Waals surface area contributed by atoms with Crippen LogP contribution in [0.25, 0.3) is 0 Å². The summed E-state index contributed by atoms with van der Waals surface area (Å²) in [7, 11) is -2.11. The summed E-state index contributed by atoms with van der Waals surface area (Å²) < 4.78 is 18.8. The second-order valence-corrected chi connectivity index (χ2v) is 7.33. The number of aromatic nitrogens is 1. The van der Waals surface area contributed by atoms with Gasteiger partial charge < -0.3 is 4.89 Å². The summed E-state index contributed by atoms with van der Waals surface area (Å²) >= 11 is 0. The SMILES string of the molecule is CN(CCc1ccccc1)P(=O)(O)OCCCc1cccnc1. The molecule has 124 valence electrons. The van der Waals surface area contributed by atoms with E-state index in [9.17, 15) is 9.46 Å². The van der Waals surface area contributed by atoms with Gasteiger partial charge >= 0.3 is 7.75 Å². The van der Waals surface area contributed by atoms with E-state index < -0.39 is 7.75 Å². The fourth-order valence-electron chi connectivity index (χ4n) is 2.17. The Morgan fingerprint density at radius 3 is 2.57 bits per heavy atom. The van der Waals surface area contributed by atoms with Crippen LogP contribution in [-0.2, 0) is 21.9 Å².